The molecule has 2 rings (SSSR count). The van der Waals surface area contributed by atoms with Crippen LogP contribution < -0.4 is 5.73 Å². The van der Waals surface area contributed by atoms with Crippen molar-refractivity contribution in [2.75, 3.05) is 19.7 Å². The number of nitrogens with two attached hydrogens (primary N) is 1. The van der Waals surface area contributed by atoms with Gasteiger partial charge in [0, 0.05) is 24.7 Å². The number of amides is 1. The maximum atomic E-state index is 12.5. The van der Waals surface area contributed by atoms with Gasteiger partial charge in [-0.3, -0.25) is 4.79 Å². The van der Waals surface area contributed by atoms with E-state index >= 15 is 0 Å². The molecule has 1 aliphatic rings. The second kappa shape index (κ2) is 6.03. The number of morpholine rings is 1. The molecule has 1 aliphatic heterocycles. The second-order valence-corrected chi connectivity index (χ2v) is 5.09. The highest BCUT2D eigenvalue weighted by Crippen LogP contribution is 2.29. The van der Waals surface area contributed by atoms with Crippen molar-refractivity contribution in [2.45, 2.75) is 25.2 Å². The van der Waals surface area contributed by atoms with E-state index in [4.69, 9.17) is 10.5 Å². The molecule has 0 spiro atoms. The van der Waals surface area contributed by atoms with Crippen molar-refractivity contribution in [3.05, 3.63) is 35.4 Å². The minimum Gasteiger partial charge on any atom is -0.373 e. The average molecular weight is 302 g/mol. The molecule has 0 aliphatic carbocycles. The van der Waals surface area contributed by atoms with Gasteiger partial charge in [-0.1, -0.05) is 0 Å². The molecule has 0 bridgehead atoms. The van der Waals surface area contributed by atoms with E-state index in [1.54, 1.807) is 11.8 Å². The molecule has 2 atom stereocenters. The number of alkyl halides is 3. The van der Waals surface area contributed by atoms with Crippen LogP contribution in [0.4, 0.5) is 13.2 Å². The third-order valence-corrected chi connectivity index (χ3v) is 3.43. The fourth-order valence-corrected chi connectivity index (χ4v) is 2.16. The van der Waals surface area contributed by atoms with Crippen LogP contribution in [0.2, 0.25) is 0 Å². The Balaban J connectivity index is 2.09. The molecule has 2 unspecified atom stereocenters. The Labute approximate surface area is 120 Å². The van der Waals surface area contributed by atoms with Gasteiger partial charge < -0.3 is 15.4 Å². The monoisotopic (exact) mass is 302 g/mol. The Morgan fingerprint density at radius 1 is 1.38 bits per heavy atom. The van der Waals surface area contributed by atoms with Gasteiger partial charge in [0.1, 0.15) is 0 Å². The van der Waals surface area contributed by atoms with Crippen LogP contribution in [0.3, 0.4) is 0 Å². The highest BCUT2D eigenvalue weighted by Gasteiger charge is 2.31. The molecule has 0 radical (unpaired) electrons. The molecule has 1 amide bonds. The van der Waals surface area contributed by atoms with Crippen LogP contribution in [0.15, 0.2) is 24.3 Å². The van der Waals surface area contributed by atoms with Gasteiger partial charge in [0.05, 0.1) is 18.3 Å². The largest absolute Gasteiger partial charge is 0.416 e. The number of rotatable bonds is 2. The number of carbonyl (C=O) groups excluding carboxylic acids is 1. The zero-order valence-corrected chi connectivity index (χ0v) is 11.6. The van der Waals surface area contributed by atoms with E-state index in [9.17, 15) is 18.0 Å². The minimum atomic E-state index is -4.40. The minimum absolute atomic E-state index is 0.215. The normalized spacial score (nSPS) is 21.2. The molecule has 0 aromatic heterocycles. The summed E-state index contributed by atoms with van der Waals surface area (Å²) < 4.78 is 42.9. The maximum Gasteiger partial charge on any atom is 0.416 e. The number of ether oxygens (including phenoxy) is 1. The molecule has 1 heterocycles. The standard InChI is InChI=1S/C14H17F3N2O2/c1-9(18)12-8-19(6-7-21-12)13(20)10-2-4-11(5-3-10)14(15,16)17/h2-5,9,12H,6-8,18H2,1H3. The van der Waals surface area contributed by atoms with Gasteiger partial charge in [-0.15, -0.1) is 0 Å². The van der Waals surface area contributed by atoms with Gasteiger partial charge >= 0.3 is 6.18 Å². The Bertz CT molecular complexity index is 500. The van der Waals surface area contributed by atoms with Gasteiger partial charge in [-0.05, 0) is 31.2 Å². The molecule has 1 aromatic carbocycles. The lowest BCUT2D eigenvalue weighted by Crippen LogP contribution is -2.51. The molecular formula is C14H17F3N2O2. The van der Waals surface area contributed by atoms with Crippen molar-refractivity contribution in [1.29, 1.82) is 0 Å². The van der Waals surface area contributed by atoms with E-state index < -0.39 is 11.7 Å². The summed E-state index contributed by atoms with van der Waals surface area (Å²) in [5, 5.41) is 0. The summed E-state index contributed by atoms with van der Waals surface area (Å²) in [6, 6.07) is 4.00. The molecule has 0 saturated carbocycles. The average Bonchev–Trinajstić information content (AvgIpc) is 2.46. The van der Waals surface area contributed by atoms with Crippen molar-refractivity contribution in [3.63, 3.8) is 0 Å². The first kappa shape index (κ1) is 15.8. The fourth-order valence-electron chi connectivity index (χ4n) is 2.16. The fraction of sp³-hybridized carbons (Fsp3) is 0.500. The van der Waals surface area contributed by atoms with Crippen LogP contribution >= 0.6 is 0 Å². The Morgan fingerprint density at radius 2 is 2.00 bits per heavy atom. The van der Waals surface area contributed by atoms with Crippen molar-refractivity contribution in [1.82, 2.24) is 4.90 Å². The van der Waals surface area contributed by atoms with E-state index in [0.29, 0.717) is 19.7 Å². The SMILES string of the molecule is CC(N)C1CN(C(=O)c2ccc(C(F)(F)F)cc2)CCO1. The topological polar surface area (TPSA) is 55.6 Å². The number of hydrogen-bond acceptors (Lipinski definition) is 3. The third kappa shape index (κ3) is 3.74. The first-order valence-electron chi connectivity index (χ1n) is 6.63. The van der Waals surface area contributed by atoms with Crippen LogP contribution in [0.1, 0.15) is 22.8 Å². The highest BCUT2D eigenvalue weighted by atomic mass is 19.4. The lowest BCUT2D eigenvalue weighted by Gasteiger charge is -2.34. The summed E-state index contributed by atoms with van der Waals surface area (Å²) in [6.45, 7) is 2.91. The lowest BCUT2D eigenvalue weighted by atomic mass is 10.1. The zero-order valence-electron chi connectivity index (χ0n) is 11.6. The number of hydrogen-bond donors (Lipinski definition) is 1. The summed E-state index contributed by atoms with van der Waals surface area (Å²) in [6.07, 6.45) is -4.65. The van der Waals surface area contributed by atoms with Crippen LogP contribution in [-0.2, 0) is 10.9 Å². The molecule has 1 saturated heterocycles. The molecule has 4 nitrogen and oxygen atoms in total. The van der Waals surface area contributed by atoms with Gasteiger partial charge in [0.25, 0.3) is 5.91 Å². The van der Waals surface area contributed by atoms with Gasteiger partial charge in [-0.25, -0.2) is 0 Å². The van der Waals surface area contributed by atoms with E-state index in [-0.39, 0.29) is 23.6 Å². The summed E-state index contributed by atoms with van der Waals surface area (Å²) in [5.74, 6) is -0.308. The number of benzene rings is 1. The quantitative estimate of drug-likeness (QED) is 0.907. The summed E-state index contributed by atoms with van der Waals surface area (Å²) >= 11 is 0. The van der Waals surface area contributed by atoms with E-state index in [2.05, 4.69) is 0 Å². The molecule has 21 heavy (non-hydrogen) atoms. The van der Waals surface area contributed by atoms with Gasteiger partial charge in [-0.2, -0.15) is 13.2 Å². The number of carbonyl (C=O) groups is 1. The van der Waals surface area contributed by atoms with E-state index in [0.717, 1.165) is 12.1 Å². The maximum absolute atomic E-state index is 12.5. The van der Waals surface area contributed by atoms with Gasteiger partial charge in [0.2, 0.25) is 0 Å². The van der Waals surface area contributed by atoms with Crippen LogP contribution in [-0.4, -0.2) is 42.6 Å². The molecule has 2 N–H and O–H groups in total. The van der Waals surface area contributed by atoms with Crippen molar-refractivity contribution in [3.8, 4) is 0 Å². The van der Waals surface area contributed by atoms with E-state index in [1.807, 2.05) is 0 Å². The molecule has 1 aromatic rings. The van der Waals surface area contributed by atoms with Gasteiger partial charge in [0.15, 0.2) is 0 Å². The lowest BCUT2D eigenvalue weighted by molar-refractivity contribution is -0.137. The highest BCUT2D eigenvalue weighted by molar-refractivity contribution is 5.94. The summed E-state index contributed by atoms with van der Waals surface area (Å²) in [7, 11) is 0. The Kier molecular flexibility index (Phi) is 4.53. The first-order valence-corrected chi connectivity index (χ1v) is 6.63. The first-order chi connectivity index (χ1) is 9.79. The summed E-state index contributed by atoms with van der Waals surface area (Å²) in [4.78, 5) is 13.8. The number of nitrogens with zero attached hydrogens (tertiary/aromatic N) is 1. The zero-order chi connectivity index (χ0) is 15.6. The molecule has 1 fully saturated rings. The van der Waals surface area contributed by atoms with Crippen LogP contribution in [0.5, 0.6) is 0 Å². The number of halogens is 3. The Hall–Kier alpha value is -1.60. The molecular weight excluding hydrogens is 285 g/mol. The second-order valence-electron chi connectivity index (χ2n) is 5.09. The molecule has 7 heteroatoms. The van der Waals surface area contributed by atoms with E-state index in [1.165, 1.54) is 12.1 Å². The van der Waals surface area contributed by atoms with Crippen molar-refractivity contribution in [2.24, 2.45) is 5.73 Å². The van der Waals surface area contributed by atoms with Crippen LogP contribution in [0.25, 0.3) is 0 Å². The summed E-state index contributed by atoms with van der Waals surface area (Å²) in [5.41, 5.74) is 5.21. The predicted octanol–water partition coefficient (Wildman–Crippen LogP) is 1.89. The smallest absolute Gasteiger partial charge is 0.373 e. The van der Waals surface area contributed by atoms with Crippen LogP contribution in [0, 0.1) is 0 Å². The van der Waals surface area contributed by atoms with Crippen molar-refractivity contribution >= 4 is 5.91 Å². The van der Waals surface area contributed by atoms with Crippen molar-refractivity contribution < 1.29 is 22.7 Å². The third-order valence-electron chi connectivity index (χ3n) is 3.43. The Morgan fingerprint density at radius 3 is 2.52 bits per heavy atom. The molecule has 116 valence electrons. The predicted molar refractivity (Wildman–Crippen MR) is 70.7 cm³/mol.